The Morgan fingerprint density at radius 1 is 0.977 bits per heavy atom. The third-order valence-corrected chi connectivity index (χ3v) is 8.82. The number of likely N-dealkylation sites (N-methyl/N-ethyl adjacent to an activating group) is 2. The molecule has 43 heavy (non-hydrogen) atoms. The number of benzene rings is 2. The normalized spacial score (nSPS) is 17.0. The van der Waals surface area contributed by atoms with Crippen LogP contribution in [0.2, 0.25) is 0 Å². The van der Waals surface area contributed by atoms with E-state index < -0.39 is 0 Å². The summed E-state index contributed by atoms with van der Waals surface area (Å²) in [6, 6.07) is 13.9. The van der Waals surface area contributed by atoms with Gasteiger partial charge in [-0.1, -0.05) is 13.8 Å². The number of aromatic nitrogens is 1. The number of oxazole rings is 1. The first-order valence-electron chi connectivity index (χ1n) is 16.4. The number of nitrogens with zero attached hydrogens (tertiary/aromatic N) is 4. The van der Waals surface area contributed by atoms with Crippen LogP contribution in [-0.4, -0.2) is 105 Å². The number of aliphatic hydroxyl groups excluding tert-OH is 1. The summed E-state index contributed by atoms with van der Waals surface area (Å²) < 4.78 is 18.2. The lowest BCUT2D eigenvalue weighted by atomic mass is 9.85. The SMILES string of the molecule is CCN(CCCOc1ccc2nc(-c3ccc(OCCCC(C)C4CCCN(CCO)CC4)cc3)oc2c1)CCN(C)C. The Morgan fingerprint density at radius 2 is 1.74 bits per heavy atom. The maximum absolute atomic E-state index is 9.23. The first-order chi connectivity index (χ1) is 20.9. The van der Waals surface area contributed by atoms with Crippen molar-refractivity contribution in [1.29, 1.82) is 0 Å². The van der Waals surface area contributed by atoms with Crippen molar-refractivity contribution < 1.29 is 19.0 Å². The molecule has 0 radical (unpaired) electrons. The van der Waals surface area contributed by atoms with Crippen molar-refractivity contribution in [3.8, 4) is 23.0 Å². The second-order valence-electron chi connectivity index (χ2n) is 12.3. The molecule has 8 heteroatoms. The smallest absolute Gasteiger partial charge is 0.227 e. The van der Waals surface area contributed by atoms with E-state index in [1.54, 1.807) is 0 Å². The van der Waals surface area contributed by atoms with Crippen molar-refractivity contribution >= 4 is 11.1 Å². The first-order valence-corrected chi connectivity index (χ1v) is 16.4. The molecule has 0 saturated carbocycles. The largest absolute Gasteiger partial charge is 0.494 e. The summed E-state index contributed by atoms with van der Waals surface area (Å²) in [4.78, 5) is 11.8. The number of hydrogen-bond donors (Lipinski definition) is 1. The summed E-state index contributed by atoms with van der Waals surface area (Å²) in [6.07, 6.45) is 7.00. The maximum Gasteiger partial charge on any atom is 0.227 e. The van der Waals surface area contributed by atoms with Crippen molar-refractivity contribution in [3.05, 3.63) is 42.5 Å². The number of likely N-dealkylation sites (tertiary alicyclic amines) is 1. The second kappa shape index (κ2) is 17.6. The maximum atomic E-state index is 9.23. The number of β-amino-alcohol motifs (C(OH)–C–C–N with tert-alkyl or cyclic N) is 1. The minimum atomic E-state index is 0.264. The summed E-state index contributed by atoms with van der Waals surface area (Å²) in [5, 5.41) is 9.23. The van der Waals surface area contributed by atoms with Crippen LogP contribution >= 0.6 is 0 Å². The molecule has 2 unspecified atom stereocenters. The minimum Gasteiger partial charge on any atom is -0.494 e. The molecule has 0 spiro atoms. The molecule has 1 aliphatic rings. The van der Waals surface area contributed by atoms with E-state index in [4.69, 9.17) is 18.9 Å². The van der Waals surface area contributed by atoms with Crippen molar-refractivity contribution in [2.24, 2.45) is 11.8 Å². The molecule has 1 fully saturated rings. The lowest BCUT2D eigenvalue weighted by molar-refractivity contribution is 0.195. The summed E-state index contributed by atoms with van der Waals surface area (Å²) >= 11 is 0. The Labute approximate surface area is 259 Å². The molecule has 0 aliphatic carbocycles. The lowest BCUT2D eigenvalue weighted by Crippen LogP contribution is -2.32. The van der Waals surface area contributed by atoms with Gasteiger partial charge in [-0.15, -0.1) is 0 Å². The molecule has 4 rings (SSSR count). The predicted molar refractivity (Wildman–Crippen MR) is 175 cm³/mol. The van der Waals surface area contributed by atoms with Gasteiger partial charge in [-0.25, -0.2) is 4.98 Å². The molecule has 0 bridgehead atoms. The van der Waals surface area contributed by atoms with E-state index in [2.05, 4.69) is 42.6 Å². The second-order valence-corrected chi connectivity index (χ2v) is 12.3. The zero-order valence-electron chi connectivity index (χ0n) is 27.0. The molecule has 238 valence electrons. The van der Waals surface area contributed by atoms with Gasteiger partial charge in [0.1, 0.15) is 17.0 Å². The number of fused-ring (bicyclic) bond motifs is 1. The van der Waals surface area contributed by atoms with Gasteiger partial charge in [-0.3, -0.25) is 0 Å². The molecule has 0 amide bonds. The van der Waals surface area contributed by atoms with Crippen LogP contribution in [0, 0.1) is 11.8 Å². The van der Waals surface area contributed by atoms with E-state index in [1.807, 2.05) is 42.5 Å². The fraction of sp³-hybridized carbons (Fsp3) is 0.629. The highest BCUT2D eigenvalue weighted by atomic mass is 16.5. The molecule has 2 heterocycles. The van der Waals surface area contributed by atoms with Crippen LogP contribution in [0.15, 0.2) is 46.9 Å². The number of ether oxygens (including phenoxy) is 2. The zero-order chi connectivity index (χ0) is 30.4. The fourth-order valence-corrected chi connectivity index (χ4v) is 6.01. The topological polar surface area (TPSA) is 74.4 Å². The summed E-state index contributed by atoms with van der Waals surface area (Å²) in [6.45, 7) is 13.6. The molecule has 8 nitrogen and oxygen atoms in total. The first kappa shape index (κ1) is 33.2. The average molecular weight is 595 g/mol. The molecule has 1 aromatic heterocycles. The van der Waals surface area contributed by atoms with Crippen molar-refractivity contribution in [2.75, 3.05) is 79.7 Å². The highest BCUT2D eigenvalue weighted by molar-refractivity contribution is 5.77. The summed E-state index contributed by atoms with van der Waals surface area (Å²) in [5.74, 6) is 3.77. The van der Waals surface area contributed by atoms with Gasteiger partial charge in [-0.2, -0.15) is 0 Å². The van der Waals surface area contributed by atoms with E-state index in [-0.39, 0.29) is 6.61 Å². The van der Waals surface area contributed by atoms with Gasteiger partial charge in [-0.05, 0) is 120 Å². The van der Waals surface area contributed by atoms with Crippen LogP contribution in [-0.2, 0) is 0 Å². The van der Waals surface area contributed by atoms with Gasteiger partial charge >= 0.3 is 0 Å². The number of hydrogen-bond acceptors (Lipinski definition) is 8. The molecule has 2 atom stereocenters. The Balaban J connectivity index is 1.19. The van der Waals surface area contributed by atoms with Gasteiger partial charge in [0.25, 0.3) is 0 Å². The van der Waals surface area contributed by atoms with Crippen LogP contribution in [0.5, 0.6) is 11.5 Å². The summed E-state index contributed by atoms with van der Waals surface area (Å²) in [5.41, 5.74) is 2.49. The van der Waals surface area contributed by atoms with Gasteiger partial charge in [0.15, 0.2) is 5.58 Å². The van der Waals surface area contributed by atoms with Gasteiger partial charge in [0.2, 0.25) is 5.89 Å². The number of aliphatic hydroxyl groups is 1. The Morgan fingerprint density at radius 3 is 2.51 bits per heavy atom. The highest BCUT2D eigenvalue weighted by Crippen LogP contribution is 2.30. The fourth-order valence-electron chi connectivity index (χ4n) is 6.01. The predicted octanol–water partition coefficient (Wildman–Crippen LogP) is 6.04. The van der Waals surface area contributed by atoms with Gasteiger partial charge in [0.05, 0.1) is 19.8 Å². The Bertz CT molecular complexity index is 1200. The van der Waals surface area contributed by atoms with Crippen molar-refractivity contribution in [1.82, 2.24) is 19.7 Å². The van der Waals surface area contributed by atoms with Crippen LogP contribution < -0.4 is 9.47 Å². The average Bonchev–Trinajstić information content (AvgIpc) is 3.29. The molecular formula is C35H54N4O4. The zero-order valence-corrected chi connectivity index (χ0v) is 27.0. The van der Waals surface area contributed by atoms with E-state index in [0.29, 0.717) is 18.4 Å². The molecule has 1 N–H and O–H groups in total. The molecule has 1 saturated heterocycles. The van der Waals surface area contributed by atoms with E-state index in [1.165, 1.54) is 25.7 Å². The van der Waals surface area contributed by atoms with Gasteiger partial charge < -0.3 is 33.7 Å². The Kier molecular flexibility index (Phi) is 13.6. The molecule has 3 aromatic rings. The highest BCUT2D eigenvalue weighted by Gasteiger charge is 2.21. The summed E-state index contributed by atoms with van der Waals surface area (Å²) in [7, 11) is 4.23. The molecule has 1 aliphatic heterocycles. The van der Waals surface area contributed by atoms with Crippen LogP contribution in [0.1, 0.15) is 52.4 Å². The third kappa shape index (κ3) is 10.8. The van der Waals surface area contributed by atoms with Gasteiger partial charge in [0, 0.05) is 37.8 Å². The van der Waals surface area contributed by atoms with Crippen LogP contribution in [0.4, 0.5) is 0 Å². The lowest BCUT2D eigenvalue weighted by Gasteiger charge is -2.23. The van der Waals surface area contributed by atoms with E-state index >= 15 is 0 Å². The quantitative estimate of drug-likeness (QED) is 0.179. The van der Waals surface area contributed by atoms with Crippen molar-refractivity contribution in [2.45, 2.75) is 52.4 Å². The molecular weight excluding hydrogens is 540 g/mol. The monoisotopic (exact) mass is 594 g/mol. The third-order valence-electron chi connectivity index (χ3n) is 8.82. The van der Waals surface area contributed by atoms with E-state index in [0.717, 1.165) is 99.3 Å². The minimum absolute atomic E-state index is 0.264. The standard InChI is InChI=1S/C35H54N4O4/c1-5-38(22-21-37(3)4)19-8-26-42-32-15-16-33-34(27-32)43-35(36-33)30-11-13-31(14-12-30)41-25-7-9-28(2)29-10-6-18-39(20-17-29)23-24-40/h11-16,27-29,40H,5-10,17-26H2,1-4H3. The number of rotatable bonds is 18. The van der Waals surface area contributed by atoms with Crippen LogP contribution in [0.3, 0.4) is 0 Å². The molecule has 2 aromatic carbocycles. The Hall–Kier alpha value is -2.65. The van der Waals surface area contributed by atoms with Crippen molar-refractivity contribution in [3.63, 3.8) is 0 Å². The van der Waals surface area contributed by atoms with E-state index in [9.17, 15) is 5.11 Å². The van der Waals surface area contributed by atoms with Crippen LogP contribution in [0.25, 0.3) is 22.6 Å².